The van der Waals surface area contributed by atoms with Crippen LogP contribution in [0.1, 0.15) is 50.8 Å². The van der Waals surface area contributed by atoms with E-state index in [1.54, 1.807) is 27.8 Å². The van der Waals surface area contributed by atoms with Crippen LogP contribution < -0.4 is 0 Å². The quantitative estimate of drug-likeness (QED) is 0.365. The molecule has 0 aliphatic heterocycles. The summed E-state index contributed by atoms with van der Waals surface area (Å²) in [7, 11) is 0. The van der Waals surface area contributed by atoms with Crippen LogP contribution in [0.2, 0.25) is 10.2 Å². The molecule has 0 saturated carbocycles. The number of aryl methyl sites for hydroxylation is 2. The minimum atomic E-state index is -0.186. The Balaban J connectivity index is 1.75. The molecule has 2 heterocycles. The average Bonchev–Trinajstić information content (AvgIpc) is 3.33. The lowest BCUT2D eigenvalue weighted by Gasteiger charge is -2.23. The summed E-state index contributed by atoms with van der Waals surface area (Å²) >= 11 is 12.7. The Labute approximate surface area is 198 Å². The van der Waals surface area contributed by atoms with Crippen molar-refractivity contribution in [1.29, 1.82) is 0 Å². The first-order valence-corrected chi connectivity index (χ1v) is 11.4. The maximum Gasteiger partial charge on any atom is 0.249 e. The number of carbonyl (C=O) groups excluding carboxylic acids is 1. The van der Waals surface area contributed by atoms with Crippen molar-refractivity contribution in [2.45, 2.75) is 59.7 Å². The second-order valence-corrected chi connectivity index (χ2v) is 8.51. The molecule has 7 nitrogen and oxygen atoms in total. The molecule has 170 valence electrons. The minimum Gasteiger partial charge on any atom is -0.419 e. The van der Waals surface area contributed by atoms with Gasteiger partial charge in [0.15, 0.2) is 0 Å². The first kappa shape index (κ1) is 24.0. The topological polar surface area (TPSA) is 77.1 Å². The molecule has 9 heteroatoms. The number of aromatic nitrogens is 4. The lowest BCUT2D eigenvalue weighted by atomic mass is 10.2. The van der Waals surface area contributed by atoms with Gasteiger partial charge >= 0.3 is 0 Å². The van der Waals surface area contributed by atoms with Gasteiger partial charge in [0.05, 0.1) is 22.8 Å². The summed E-state index contributed by atoms with van der Waals surface area (Å²) in [5.41, 5.74) is 2.19. The molecule has 0 radical (unpaired) electrons. The third-order valence-electron chi connectivity index (χ3n) is 5.01. The van der Waals surface area contributed by atoms with Gasteiger partial charge in [-0.1, -0.05) is 48.7 Å². The van der Waals surface area contributed by atoms with Gasteiger partial charge in [0.1, 0.15) is 5.15 Å². The molecule has 0 atom stereocenters. The van der Waals surface area contributed by atoms with Crippen LogP contribution in [0.25, 0.3) is 17.5 Å². The van der Waals surface area contributed by atoms with E-state index in [1.807, 2.05) is 32.9 Å². The molecule has 3 aromatic rings. The Morgan fingerprint density at radius 2 is 2.00 bits per heavy atom. The van der Waals surface area contributed by atoms with Crippen molar-refractivity contribution in [3.8, 4) is 11.5 Å². The Hall–Kier alpha value is -2.64. The molecule has 0 fully saturated rings. The van der Waals surface area contributed by atoms with Gasteiger partial charge in [0.2, 0.25) is 17.7 Å². The Bertz CT molecular complexity index is 1100. The Morgan fingerprint density at radius 1 is 1.25 bits per heavy atom. The zero-order valence-corrected chi connectivity index (χ0v) is 20.2. The number of unbranched alkanes of at least 4 members (excludes halogenated alkanes) is 1. The highest BCUT2D eigenvalue weighted by Crippen LogP contribution is 2.27. The van der Waals surface area contributed by atoms with Crippen LogP contribution >= 0.6 is 23.2 Å². The first-order valence-electron chi connectivity index (χ1n) is 10.6. The summed E-state index contributed by atoms with van der Waals surface area (Å²) in [6.07, 6.45) is 5.26. The molecule has 0 unspecified atom stereocenters. The van der Waals surface area contributed by atoms with Crippen LogP contribution in [-0.2, 0) is 17.9 Å². The number of nitrogens with zero attached hydrogens (tertiary/aromatic N) is 5. The summed E-state index contributed by atoms with van der Waals surface area (Å²) in [6.45, 7) is 8.79. The Kier molecular flexibility index (Phi) is 8.10. The molecule has 1 amide bonds. The maximum atomic E-state index is 13.0. The molecule has 3 rings (SSSR count). The number of rotatable bonds is 9. The molecule has 0 aliphatic carbocycles. The normalized spacial score (nSPS) is 11.6. The number of halogens is 2. The van der Waals surface area contributed by atoms with Crippen molar-refractivity contribution >= 4 is 35.2 Å². The van der Waals surface area contributed by atoms with Crippen LogP contribution in [0.3, 0.4) is 0 Å². The van der Waals surface area contributed by atoms with E-state index in [2.05, 4.69) is 22.2 Å². The first-order chi connectivity index (χ1) is 15.3. The van der Waals surface area contributed by atoms with E-state index in [9.17, 15) is 4.79 Å². The fourth-order valence-electron chi connectivity index (χ4n) is 3.18. The third-order valence-corrected chi connectivity index (χ3v) is 5.74. The predicted octanol–water partition coefficient (Wildman–Crippen LogP) is 5.80. The van der Waals surface area contributed by atoms with E-state index < -0.39 is 0 Å². The number of benzene rings is 1. The average molecular weight is 476 g/mol. The zero-order chi connectivity index (χ0) is 23.3. The Morgan fingerprint density at radius 3 is 2.69 bits per heavy atom. The zero-order valence-electron chi connectivity index (χ0n) is 18.7. The summed E-state index contributed by atoms with van der Waals surface area (Å²) < 4.78 is 7.54. The van der Waals surface area contributed by atoms with Gasteiger partial charge in [-0.15, -0.1) is 10.2 Å². The summed E-state index contributed by atoms with van der Waals surface area (Å²) in [5.74, 6) is 0.463. The van der Waals surface area contributed by atoms with E-state index in [-0.39, 0.29) is 18.5 Å². The van der Waals surface area contributed by atoms with Crippen LogP contribution in [0.15, 0.2) is 34.8 Å². The predicted molar refractivity (Wildman–Crippen MR) is 126 cm³/mol. The van der Waals surface area contributed by atoms with Gasteiger partial charge in [-0.25, -0.2) is 0 Å². The van der Waals surface area contributed by atoms with Gasteiger partial charge in [0.25, 0.3) is 0 Å². The molecular formula is C23H27Cl2N5O2. The fraction of sp³-hybridized carbons (Fsp3) is 0.391. The van der Waals surface area contributed by atoms with Crippen LogP contribution in [0, 0.1) is 6.92 Å². The molecule has 0 N–H and O–H groups in total. The SMILES string of the molecule is CCCCn1nc(C)c(/C=C/C(=O)N(Cc2nnc(-c3ccccc3Cl)o2)C(C)C)c1Cl. The largest absolute Gasteiger partial charge is 0.419 e. The summed E-state index contributed by atoms with van der Waals surface area (Å²) in [4.78, 5) is 14.6. The fourth-order valence-corrected chi connectivity index (χ4v) is 3.72. The van der Waals surface area contributed by atoms with Crippen molar-refractivity contribution in [3.63, 3.8) is 0 Å². The highest BCUT2D eigenvalue weighted by molar-refractivity contribution is 6.33. The van der Waals surface area contributed by atoms with E-state index >= 15 is 0 Å². The number of hydrogen-bond donors (Lipinski definition) is 0. The monoisotopic (exact) mass is 475 g/mol. The third kappa shape index (κ3) is 5.58. The minimum absolute atomic E-state index is 0.0772. The van der Waals surface area contributed by atoms with Gasteiger partial charge in [0, 0.05) is 24.2 Å². The van der Waals surface area contributed by atoms with Crippen molar-refractivity contribution in [2.24, 2.45) is 0 Å². The molecule has 0 spiro atoms. The number of hydrogen-bond acceptors (Lipinski definition) is 5. The lowest BCUT2D eigenvalue weighted by Crippen LogP contribution is -2.35. The molecule has 2 aromatic heterocycles. The van der Waals surface area contributed by atoms with Gasteiger partial charge < -0.3 is 9.32 Å². The van der Waals surface area contributed by atoms with Crippen molar-refractivity contribution in [2.75, 3.05) is 0 Å². The van der Waals surface area contributed by atoms with Crippen molar-refractivity contribution in [1.82, 2.24) is 24.9 Å². The highest BCUT2D eigenvalue weighted by Gasteiger charge is 2.20. The number of carbonyl (C=O) groups is 1. The standard InChI is InChI=1S/C23H27Cl2N5O2/c1-5-6-13-30-22(25)17(16(4)28-30)11-12-21(31)29(15(2)3)14-20-26-27-23(32-20)18-9-7-8-10-19(18)24/h7-12,15H,5-6,13-14H2,1-4H3/b12-11+. The van der Waals surface area contributed by atoms with Gasteiger partial charge in [-0.05, 0) is 45.4 Å². The molecule has 1 aromatic carbocycles. The van der Waals surface area contributed by atoms with Crippen molar-refractivity contribution in [3.05, 3.63) is 57.7 Å². The van der Waals surface area contributed by atoms with E-state index in [4.69, 9.17) is 27.6 Å². The molecule has 0 saturated heterocycles. The maximum absolute atomic E-state index is 13.0. The molecule has 0 aliphatic rings. The highest BCUT2D eigenvalue weighted by atomic mass is 35.5. The second-order valence-electron chi connectivity index (χ2n) is 7.74. The second kappa shape index (κ2) is 10.8. The van der Waals surface area contributed by atoms with Crippen molar-refractivity contribution < 1.29 is 9.21 Å². The van der Waals surface area contributed by atoms with Crippen LogP contribution in [0.4, 0.5) is 0 Å². The molecule has 32 heavy (non-hydrogen) atoms. The molecular weight excluding hydrogens is 449 g/mol. The lowest BCUT2D eigenvalue weighted by molar-refractivity contribution is -0.128. The van der Waals surface area contributed by atoms with Crippen LogP contribution in [-0.4, -0.2) is 36.8 Å². The van der Waals surface area contributed by atoms with Gasteiger partial charge in [-0.3, -0.25) is 9.48 Å². The number of amides is 1. The summed E-state index contributed by atoms with van der Waals surface area (Å²) in [5, 5.41) is 13.7. The van der Waals surface area contributed by atoms with E-state index in [0.29, 0.717) is 27.5 Å². The van der Waals surface area contributed by atoms with Crippen LogP contribution in [0.5, 0.6) is 0 Å². The smallest absolute Gasteiger partial charge is 0.249 e. The molecule has 0 bridgehead atoms. The van der Waals surface area contributed by atoms with E-state index in [0.717, 1.165) is 30.6 Å². The summed E-state index contributed by atoms with van der Waals surface area (Å²) in [6, 6.07) is 7.16. The van der Waals surface area contributed by atoms with Gasteiger partial charge in [-0.2, -0.15) is 5.10 Å². The van der Waals surface area contributed by atoms with E-state index in [1.165, 1.54) is 6.08 Å².